The van der Waals surface area contributed by atoms with E-state index in [1.165, 1.54) is 19.2 Å². The Morgan fingerprint density at radius 2 is 2.04 bits per heavy atom. The number of imidazole rings is 1. The molecule has 0 saturated heterocycles. The van der Waals surface area contributed by atoms with E-state index in [-0.39, 0.29) is 12.1 Å². The lowest BCUT2D eigenvalue weighted by molar-refractivity contribution is -0.157. The summed E-state index contributed by atoms with van der Waals surface area (Å²) in [6.45, 7) is 1.86. The highest BCUT2D eigenvalue weighted by Gasteiger charge is 2.40. The topological polar surface area (TPSA) is 38.6 Å². The van der Waals surface area contributed by atoms with Gasteiger partial charge < -0.3 is 14.5 Å². The van der Waals surface area contributed by atoms with E-state index in [1.807, 2.05) is 22.7 Å². The molecule has 0 amide bonds. The van der Waals surface area contributed by atoms with Crippen molar-refractivity contribution < 1.29 is 17.9 Å². The van der Waals surface area contributed by atoms with Gasteiger partial charge in [0.05, 0.1) is 7.11 Å². The van der Waals surface area contributed by atoms with Crippen LogP contribution in [0.25, 0.3) is 16.8 Å². The lowest BCUT2D eigenvalue weighted by atomic mass is 9.99. The van der Waals surface area contributed by atoms with Crippen LogP contribution >= 0.6 is 0 Å². The minimum Gasteiger partial charge on any atom is -0.496 e. The van der Waals surface area contributed by atoms with Gasteiger partial charge in [-0.1, -0.05) is 13.0 Å². The van der Waals surface area contributed by atoms with Crippen molar-refractivity contribution in [1.82, 2.24) is 14.7 Å². The molecular weight excluding hydrogens is 331 g/mol. The van der Waals surface area contributed by atoms with Gasteiger partial charge in [-0.2, -0.15) is 13.2 Å². The number of aromatic nitrogens is 2. The van der Waals surface area contributed by atoms with E-state index in [0.717, 1.165) is 11.2 Å². The van der Waals surface area contributed by atoms with E-state index in [4.69, 9.17) is 4.74 Å². The predicted octanol–water partition coefficient (Wildman–Crippen LogP) is 4.22. The molecule has 3 aromatic rings. The number of ether oxygens (including phenoxy) is 1. The molecule has 1 aromatic carbocycles. The van der Waals surface area contributed by atoms with E-state index in [2.05, 4.69) is 10.3 Å². The number of alkyl halides is 3. The minimum atomic E-state index is -4.38. The summed E-state index contributed by atoms with van der Waals surface area (Å²) in [5.74, 6) is 0.514. The zero-order valence-electron chi connectivity index (χ0n) is 13.8. The van der Waals surface area contributed by atoms with Gasteiger partial charge in [0.2, 0.25) is 0 Å². The molecule has 0 fully saturated rings. The summed E-state index contributed by atoms with van der Waals surface area (Å²) in [5.41, 5.74) is 2.26. The van der Waals surface area contributed by atoms with Crippen molar-refractivity contribution in [1.29, 1.82) is 0 Å². The SMILES string of the molecule is CCN[C@@H](c1ccc(OC)c(-c2ccc3nccn3c2)c1)C(F)(F)F. The predicted molar refractivity (Wildman–Crippen MR) is 89.7 cm³/mol. The van der Waals surface area contributed by atoms with Gasteiger partial charge in [0.15, 0.2) is 0 Å². The highest BCUT2D eigenvalue weighted by Crippen LogP contribution is 2.37. The number of fused-ring (bicyclic) bond motifs is 1. The fourth-order valence-corrected chi connectivity index (χ4v) is 2.84. The molecule has 132 valence electrons. The van der Waals surface area contributed by atoms with E-state index in [1.54, 1.807) is 25.4 Å². The average Bonchev–Trinajstić information content (AvgIpc) is 3.05. The van der Waals surface area contributed by atoms with Crippen molar-refractivity contribution in [3.05, 3.63) is 54.5 Å². The minimum absolute atomic E-state index is 0.149. The largest absolute Gasteiger partial charge is 0.496 e. The molecular formula is C18H18F3N3O. The first-order valence-corrected chi connectivity index (χ1v) is 7.85. The summed E-state index contributed by atoms with van der Waals surface area (Å²) in [4.78, 5) is 4.17. The molecule has 0 aliphatic carbocycles. The first kappa shape index (κ1) is 17.3. The molecule has 7 heteroatoms. The number of hydrogen-bond acceptors (Lipinski definition) is 3. The Kier molecular flexibility index (Phi) is 4.67. The highest BCUT2D eigenvalue weighted by atomic mass is 19.4. The number of nitrogens with zero attached hydrogens (tertiary/aromatic N) is 2. The van der Waals surface area contributed by atoms with Gasteiger partial charge in [0.1, 0.15) is 17.4 Å². The van der Waals surface area contributed by atoms with Crippen molar-refractivity contribution in [2.24, 2.45) is 0 Å². The van der Waals surface area contributed by atoms with Crippen LogP contribution in [0.3, 0.4) is 0 Å². The van der Waals surface area contributed by atoms with E-state index in [0.29, 0.717) is 11.3 Å². The molecule has 0 spiro atoms. The van der Waals surface area contributed by atoms with Gasteiger partial charge in [0.25, 0.3) is 0 Å². The Hall–Kier alpha value is -2.54. The third-order valence-corrected chi connectivity index (χ3v) is 3.99. The van der Waals surface area contributed by atoms with E-state index in [9.17, 15) is 13.2 Å². The molecule has 2 heterocycles. The molecule has 2 aromatic heterocycles. The summed E-state index contributed by atoms with van der Waals surface area (Å²) in [7, 11) is 1.50. The van der Waals surface area contributed by atoms with Crippen LogP contribution in [0.15, 0.2) is 48.9 Å². The molecule has 1 atom stereocenters. The number of methoxy groups -OCH3 is 1. The van der Waals surface area contributed by atoms with Gasteiger partial charge in [0, 0.05) is 29.7 Å². The number of pyridine rings is 1. The Labute approximate surface area is 143 Å². The smallest absolute Gasteiger partial charge is 0.407 e. The number of nitrogens with one attached hydrogen (secondary N) is 1. The maximum Gasteiger partial charge on any atom is 0.407 e. The second-order valence-electron chi connectivity index (χ2n) is 5.60. The maximum atomic E-state index is 13.4. The Morgan fingerprint density at radius 3 is 2.72 bits per heavy atom. The first-order valence-electron chi connectivity index (χ1n) is 7.85. The van der Waals surface area contributed by atoms with Crippen molar-refractivity contribution >= 4 is 5.65 Å². The Morgan fingerprint density at radius 1 is 1.24 bits per heavy atom. The van der Waals surface area contributed by atoms with Gasteiger partial charge in [-0.3, -0.25) is 0 Å². The molecule has 3 rings (SSSR count). The van der Waals surface area contributed by atoms with Crippen molar-refractivity contribution in [3.8, 4) is 16.9 Å². The van der Waals surface area contributed by atoms with Gasteiger partial charge >= 0.3 is 6.18 Å². The number of hydrogen-bond donors (Lipinski definition) is 1. The van der Waals surface area contributed by atoms with Crippen LogP contribution in [-0.4, -0.2) is 29.2 Å². The summed E-state index contributed by atoms with van der Waals surface area (Å²) < 4.78 is 47.3. The van der Waals surface area contributed by atoms with Crippen molar-refractivity contribution in [2.45, 2.75) is 19.1 Å². The lowest BCUT2D eigenvalue weighted by Crippen LogP contribution is -2.34. The zero-order chi connectivity index (χ0) is 18.0. The Bertz CT molecular complexity index is 873. The van der Waals surface area contributed by atoms with Crippen molar-refractivity contribution in [2.75, 3.05) is 13.7 Å². The van der Waals surface area contributed by atoms with Gasteiger partial charge in [-0.15, -0.1) is 0 Å². The molecule has 0 aliphatic rings. The standard InChI is InChI=1S/C18H18F3N3O/c1-3-22-17(18(19,20)21)12-4-6-15(25-2)14(10-12)13-5-7-16-23-8-9-24(16)11-13/h4-11,17,22H,3H2,1-2H3/t17-/m0/s1. The van der Waals surface area contributed by atoms with Gasteiger partial charge in [-0.05, 0) is 36.4 Å². The van der Waals surface area contributed by atoms with E-state index < -0.39 is 12.2 Å². The van der Waals surface area contributed by atoms with Crippen LogP contribution in [0.5, 0.6) is 5.75 Å². The molecule has 0 aliphatic heterocycles. The number of rotatable bonds is 5. The molecule has 4 nitrogen and oxygen atoms in total. The van der Waals surface area contributed by atoms with Crippen LogP contribution in [-0.2, 0) is 0 Å². The first-order chi connectivity index (χ1) is 11.9. The monoisotopic (exact) mass is 349 g/mol. The maximum absolute atomic E-state index is 13.4. The molecule has 0 radical (unpaired) electrons. The number of benzene rings is 1. The fourth-order valence-electron chi connectivity index (χ4n) is 2.84. The molecule has 0 unspecified atom stereocenters. The quantitative estimate of drug-likeness (QED) is 0.749. The summed E-state index contributed by atoms with van der Waals surface area (Å²) in [6.07, 6.45) is 0.889. The van der Waals surface area contributed by atoms with Crippen LogP contribution in [0.2, 0.25) is 0 Å². The molecule has 25 heavy (non-hydrogen) atoms. The van der Waals surface area contributed by atoms with Crippen LogP contribution in [0, 0.1) is 0 Å². The molecule has 0 bridgehead atoms. The van der Waals surface area contributed by atoms with Crippen LogP contribution in [0.1, 0.15) is 18.5 Å². The molecule has 1 N–H and O–H groups in total. The molecule has 0 saturated carbocycles. The zero-order valence-corrected chi connectivity index (χ0v) is 13.8. The Balaban J connectivity index is 2.11. The normalized spacial score (nSPS) is 13.2. The van der Waals surface area contributed by atoms with E-state index >= 15 is 0 Å². The second kappa shape index (κ2) is 6.76. The van der Waals surface area contributed by atoms with Crippen LogP contribution < -0.4 is 10.1 Å². The summed E-state index contributed by atoms with van der Waals surface area (Å²) >= 11 is 0. The third-order valence-electron chi connectivity index (χ3n) is 3.99. The highest BCUT2D eigenvalue weighted by molar-refractivity contribution is 5.72. The fraction of sp³-hybridized carbons (Fsp3) is 0.278. The summed E-state index contributed by atoms with van der Waals surface area (Å²) in [5, 5.41) is 2.50. The number of halogens is 3. The average molecular weight is 349 g/mol. The third kappa shape index (κ3) is 3.46. The van der Waals surface area contributed by atoms with Crippen molar-refractivity contribution in [3.63, 3.8) is 0 Å². The summed E-state index contributed by atoms with van der Waals surface area (Å²) in [6, 6.07) is 6.45. The lowest BCUT2D eigenvalue weighted by Gasteiger charge is -2.22. The van der Waals surface area contributed by atoms with Crippen LogP contribution in [0.4, 0.5) is 13.2 Å². The van der Waals surface area contributed by atoms with Gasteiger partial charge in [-0.25, -0.2) is 4.98 Å². The second-order valence-corrected chi connectivity index (χ2v) is 5.60.